The van der Waals surface area contributed by atoms with Crippen molar-refractivity contribution in [2.45, 2.75) is 65.2 Å². The number of hydrogen-bond donors (Lipinski definition) is 1. The lowest BCUT2D eigenvalue weighted by Crippen LogP contribution is -2.45. The van der Waals surface area contributed by atoms with Gasteiger partial charge in [-0.15, -0.1) is 0 Å². The van der Waals surface area contributed by atoms with Gasteiger partial charge in [-0.05, 0) is 39.8 Å². The summed E-state index contributed by atoms with van der Waals surface area (Å²) in [6, 6.07) is 0.621. The third-order valence-electron chi connectivity index (χ3n) is 3.20. The maximum absolute atomic E-state index is 5.74. The highest BCUT2D eigenvalue weighted by atomic mass is 16.5. The molecule has 0 unspecified atom stereocenters. The monoisotopic (exact) mass is 242 g/mol. The summed E-state index contributed by atoms with van der Waals surface area (Å²) < 4.78 is 5.74. The van der Waals surface area contributed by atoms with Crippen LogP contribution in [0.5, 0.6) is 0 Å². The Balaban J connectivity index is 1.98. The van der Waals surface area contributed by atoms with Crippen LogP contribution in [0, 0.1) is 0 Å². The number of morpholine rings is 1. The minimum atomic E-state index is 0.404. The molecule has 0 spiro atoms. The Morgan fingerprint density at radius 3 is 2.35 bits per heavy atom. The highest BCUT2D eigenvalue weighted by Crippen LogP contribution is 2.11. The van der Waals surface area contributed by atoms with E-state index in [2.05, 4.69) is 37.9 Å². The lowest BCUT2D eigenvalue weighted by Gasteiger charge is -2.35. The van der Waals surface area contributed by atoms with Crippen LogP contribution in [0.15, 0.2) is 0 Å². The molecule has 0 saturated carbocycles. The van der Waals surface area contributed by atoms with Crippen molar-refractivity contribution in [3.63, 3.8) is 0 Å². The molecular weight excluding hydrogens is 212 g/mol. The van der Waals surface area contributed by atoms with Crippen molar-refractivity contribution in [1.82, 2.24) is 10.2 Å². The summed E-state index contributed by atoms with van der Waals surface area (Å²) >= 11 is 0. The molecule has 2 atom stereocenters. The fraction of sp³-hybridized carbons (Fsp3) is 1.00. The summed E-state index contributed by atoms with van der Waals surface area (Å²) in [6.45, 7) is 13.4. The first kappa shape index (κ1) is 14.9. The molecule has 0 amide bonds. The van der Waals surface area contributed by atoms with Crippen molar-refractivity contribution in [3.05, 3.63) is 0 Å². The standard InChI is InChI=1S/C14H30N2O/c1-12(2)15-8-6-5-7-9-16-10-13(3)17-14(4)11-16/h12-15H,5-11H2,1-4H3/t13-,14+. The van der Waals surface area contributed by atoms with E-state index in [4.69, 9.17) is 4.74 Å². The van der Waals surface area contributed by atoms with Crippen LogP contribution in [0.4, 0.5) is 0 Å². The summed E-state index contributed by atoms with van der Waals surface area (Å²) in [4.78, 5) is 2.55. The number of hydrogen-bond acceptors (Lipinski definition) is 3. The predicted octanol–water partition coefficient (Wildman–Crippen LogP) is 2.26. The van der Waals surface area contributed by atoms with Gasteiger partial charge in [0.15, 0.2) is 0 Å². The molecule has 0 aromatic rings. The van der Waals surface area contributed by atoms with Crippen LogP contribution >= 0.6 is 0 Å². The average molecular weight is 242 g/mol. The second-order valence-electron chi connectivity index (χ2n) is 5.69. The van der Waals surface area contributed by atoms with Crippen molar-refractivity contribution in [2.75, 3.05) is 26.2 Å². The van der Waals surface area contributed by atoms with Crippen molar-refractivity contribution < 1.29 is 4.74 Å². The molecule has 3 nitrogen and oxygen atoms in total. The van der Waals surface area contributed by atoms with Crippen LogP contribution in [0.3, 0.4) is 0 Å². The summed E-state index contributed by atoms with van der Waals surface area (Å²) in [5.74, 6) is 0. The molecular formula is C14H30N2O. The molecule has 1 rings (SSSR count). The van der Waals surface area contributed by atoms with Gasteiger partial charge >= 0.3 is 0 Å². The van der Waals surface area contributed by atoms with E-state index in [9.17, 15) is 0 Å². The zero-order valence-corrected chi connectivity index (χ0v) is 12.0. The largest absolute Gasteiger partial charge is 0.373 e. The molecule has 0 aromatic heterocycles. The van der Waals surface area contributed by atoms with Gasteiger partial charge in [0.25, 0.3) is 0 Å². The second kappa shape index (κ2) is 8.06. The van der Waals surface area contributed by atoms with Gasteiger partial charge in [0, 0.05) is 19.1 Å². The van der Waals surface area contributed by atoms with Crippen LogP contribution in [-0.2, 0) is 4.74 Å². The van der Waals surface area contributed by atoms with Gasteiger partial charge in [-0.25, -0.2) is 0 Å². The highest BCUT2D eigenvalue weighted by Gasteiger charge is 2.21. The van der Waals surface area contributed by atoms with Crippen molar-refractivity contribution in [3.8, 4) is 0 Å². The Kier molecular flexibility index (Phi) is 7.09. The average Bonchev–Trinajstić information content (AvgIpc) is 2.21. The molecule has 1 heterocycles. The van der Waals surface area contributed by atoms with E-state index in [1.165, 1.54) is 25.8 Å². The Hall–Kier alpha value is -0.120. The van der Waals surface area contributed by atoms with E-state index in [1.807, 2.05) is 0 Å². The molecule has 0 aromatic carbocycles. The van der Waals surface area contributed by atoms with Crippen molar-refractivity contribution in [1.29, 1.82) is 0 Å². The number of rotatable bonds is 7. The molecule has 1 aliphatic heterocycles. The number of nitrogens with one attached hydrogen (secondary N) is 1. The van der Waals surface area contributed by atoms with Gasteiger partial charge in [-0.1, -0.05) is 20.3 Å². The normalized spacial score (nSPS) is 26.6. The topological polar surface area (TPSA) is 24.5 Å². The Labute approximate surface area is 107 Å². The van der Waals surface area contributed by atoms with E-state index >= 15 is 0 Å². The number of unbranched alkanes of at least 4 members (excludes halogenated alkanes) is 2. The Bertz CT molecular complexity index is 187. The van der Waals surface area contributed by atoms with Gasteiger partial charge in [0.1, 0.15) is 0 Å². The predicted molar refractivity (Wildman–Crippen MR) is 73.4 cm³/mol. The third kappa shape index (κ3) is 7.02. The van der Waals surface area contributed by atoms with Crippen LogP contribution in [0.25, 0.3) is 0 Å². The first-order chi connectivity index (χ1) is 8.08. The summed E-state index contributed by atoms with van der Waals surface area (Å²) in [5.41, 5.74) is 0. The lowest BCUT2D eigenvalue weighted by atomic mass is 10.2. The van der Waals surface area contributed by atoms with E-state index in [0.717, 1.165) is 19.6 Å². The zero-order chi connectivity index (χ0) is 12.7. The lowest BCUT2D eigenvalue weighted by molar-refractivity contribution is -0.0681. The number of nitrogens with zero attached hydrogens (tertiary/aromatic N) is 1. The molecule has 1 N–H and O–H groups in total. The molecule has 17 heavy (non-hydrogen) atoms. The molecule has 1 fully saturated rings. The smallest absolute Gasteiger partial charge is 0.0678 e. The van der Waals surface area contributed by atoms with Gasteiger partial charge in [-0.3, -0.25) is 4.90 Å². The summed E-state index contributed by atoms with van der Waals surface area (Å²) in [7, 11) is 0. The molecule has 1 saturated heterocycles. The van der Waals surface area contributed by atoms with Crippen LogP contribution in [-0.4, -0.2) is 49.3 Å². The Morgan fingerprint density at radius 2 is 1.76 bits per heavy atom. The van der Waals surface area contributed by atoms with E-state index in [-0.39, 0.29) is 0 Å². The quantitative estimate of drug-likeness (QED) is 0.693. The minimum Gasteiger partial charge on any atom is -0.373 e. The zero-order valence-electron chi connectivity index (χ0n) is 12.0. The maximum atomic E-state index is 5.74. The summed E-state index contributed by atoms with van der Waals surface area (Å²) in [5, 5.41) is 3.46. The molecule has 1 aliphatic rings. The molecule has 102 valence electrons. The third-order valence-corrected chi connectivity index (χ3v) is 3.20. The second-order valence-corrected chi connectivity index (χ2v) is 5.69. The first-order valence-electron chi connectivity index (χ1n) is 7.19. The fourth-order valence-corrected chi connectivity index (χ4v) is 2.49. The van der Waals surface area contributed by atoms with Crippen LogP contribution in [0.2, 0.25) is 0 Å². The van der Waals surface area contributed by atoms with Crippen molar-refractivity contribution in [2.24, 2.45) is 0 Å². The van der Waals surface area contributed by atoms with Gasteiger partial charge in [0.05, 0.1) is 12.2 Å². The van der Waals surface area contributed by atoms with Crippen molar-refractivity contribution >= 4 is 0 Å². The maximum Gasteiger partial charge on any atom is 0.0678 e. The highest BCUT2D eigenvalue weighted by molar-refractivity contribution is 4.72. The van der Waals surface area contributed by atoms with E-state index < -0.39 is 0 Å². The SMILES string of the molecule is CC(C)NCCCCCN1C[C@@H](C)O[C@@H](C)C1. The van der Waals surface area contributed by atoms with E-state index in [1.54, 1.807) is 0 Å². The number of ether oxygens (including phenoxy) is 1. The minimum absolute atomic E-state index is 0.404. The molecule has 0 radical (unpaired) electrons. The van der Waals surface area contributed by atoms with Crippen LogP contribution < -0.4 is 5.32 Å². The first-order valence-corrected chi connectivity index (χ1v) is 7.19. The molecule has 0 aliphatic carbocycles. The Morgan fingerprint density at radius 1 is 1.12 bits per heavy atom. The van der Waals surface area contributed by atoms with Gasteiger partial charge in [-0.2, -0.15) is 0 Å². The van der Waals surface area contributed by atoms with Gasteiger partial charge < -0.3 is 10.1 Å². The van der Waals surface area contributed by atoms with Crippen LogP contribution in [0.1, 0.15) is 47.0 Å². The van der Waals surface area contributed by atoms with Gasteiger partial charge in [0.2, 0.25) is 0 Å². The fourth-order valence-electron chi connectivity index (χ4n) is 2.49. The molecule has 3 heteroatoms. The summed E-state index contributed by atoms with van der Waals surface area (Å²) in [6.07, 6.45) is 4.76. The van der Waals surface area contributed by atoms with E-state index in [0.29, 0.717) is 18.2 Å². The molecule has 0 bridgehead atoms.